The number of unbranched alkanes of at least 4 members (excludes halogenated alkanes) is 1. The Morgan fingerprint density at radius 3 is 2.65 bits per heavy atom. The first-order valence-corrected chi connectivity index (χ1v) is 9.15. The van der Waals surface area contributed by atoms with Crippen molar-refractivity contribution in [1.29, 1.82) is 0 Å². The Kier molecular flexibility index (Phi) is 9.04. The molecule has 1 aromatic rings. The Bertz CT molecular complexity index is 364. The number of nitrogens with one attached hydrogen (secondary N) is 1. The molecule has 0 aliphatic rings. The molecule has 0 saturated heterocycles. The molecule has 0 spiro atoms. The van der Waals surface area contributed by atoms with Gasteiger partial charge in [0.1, 0.15) is 0 Å². The van der Waals surface area contributed by atoms with Crippen LogP contribution < -0.4 is 5.32 Å². The molecule has 1 aromatic carbocycles. The van der Waals surface area contributed by atoms with E-state index < -0.39 is 0 Å². The minimum Gasteiger partial charge on any atom is -0.310 e. The van der Waals surface area contributed by atoms with Crippen molar-refractivity contribution in [3.8, 4) is 0 Å². The monoisotopic (exact) mass is 293 g/mol. The predicted octanol–water partition coefficient (Wildman–Crippen LogP) is 5.67. The zero-order chi connectivity index (χ0) is 14.8. The summed E-state index contributed by atoms with van der Waals surface area (Å²) in [5, 5.41) is 3.48. The van der Waals surface area contributed by atoms with Crippen LogP contribution in [0.5, 0.6) is 0 Å². The highest BCUT2D eigenvalue weighted by Crippen LogP contribution is 2.27. The lowest BCUT2D eigenvalue weighted by Crippen LogP contribution is -2.17. The average Bonchev–Trinajstić information content (AvgIpc) is 2.48. The molecule has 0 aliphatic carbocycles. The summed E-state index contributed by atoms with van der Waals surface area (Å²) in [7, 11) is 0. The van der Waals surface area contributed by atoms with E-state index >= 15 is 0 Å². The summed E-state index contributed by atoms with van der Waals surface area (Å²) in [5.74, 6) is 2.13. The van der Waals surface area contributed by atoms with E-state index in [-0.39, 0.29) is 0 Å². The molecule has 0 bridgehead atoms. The second-order valence-electron chi connectivity index (χ2n) is 5.58. The fourth-order valence-electron chi connectivity index (χ4n) is 2.41. The first kappa shape index (κ1) is 17.6. The first-order chi connectivity index (χ1) is 9.71. The van der Waals surface area contributed by atoms with Crippen LogP contribution in [0, 0.1) is 5.92 Å². The zero-order valence-electron chi connectivity index (χ0n) is 13.6. The third kappa shape index (κ3) is 6.32. The summed E-state index contributed by atoms with van der Waals surface area (Å²) in [6.45, 7) is 10.0. The van der Waals surface area contributed by atoms with Gasteiger partial charge in [-0.3, -0.25) is 0 Å². The van der Waals surface area contributed by atoms with Crippen LogP contribution in [0.15, 0.2) is 29.2 Å². The van der Waals surface area contributed by atoms with Crippen LogP contribution in [0.1, 0.15) is 65.0 Å². The second-order valence-corrected chi connectivity index (χ2v) is 6.67. The minimum absolute atomic E-state index is 0.447. The number of rotatable bonds is 10. The van der Waals surface area contributed by atoms with Gasteiger partial charge in [-0.15, -0.1) is 11.8 Å². The molecule has 0 aliphatic heterocycles. The molecular weight excluding hydrogens is 262 g/mol. The Hall–Kier alpha value is -0.470. The van der Waals surface area contributed by atoms with Gasteiger partial charge < -0.3 is 5.32 Å². The second kappa shape index (κ2) is 10.3. The van der Waals surface area contributed by atoms with Crippen molar-refractivity contribution in [3.63, 3.8) is 0 Å². The Labute approximate surface area is 129 Å². The summed E-state index contributed by atoms with van der Waals surface area (Å²) in [6.07, 6.45) is 5.38. The summed E-state index contributed by atoms with van der Waals surface area (Å²) in [5.41, 5.74) is 1.40. The third-order valence-corrected chi connectivity index (χ3v) is 5.12. The highest BCUT2D eigenvalue weighted by Gasteiger charge is 2.08. The van der Waals surface area contributed by atoms with Crippen LogP contribution in [-0.4, -0.2) is 12.3 Å². The maximum Gasteiger partial charge on any atom is 0.0292 e. The maximum atomic E-state index is 3.48. The molecule has 2 atom stereocenters. The minimum atomic E-state index is 0.447. The molecule has 1 N–H and O–H groups in total. The molecule has 2 heteroatoms. The number of hydrogen-bond acceptors (Lipinski definition) is 2. The molecule has 0 saturated carbocycles. The average molecular weight is 294 g/mol. The van der Waals surface area contributed by atoms with Gasteiger partial charge >= 0.3 is 0 Å². The fourth-order valence-corrected chi connectivity index (χ4v) is 3.63. The van der Waals surface area contributed by atoms with E-state index in [0.29, 0.717) is 6.04 Å². The standard InChI is InChI=1S/C18H31NS/c1-5-8-10-16(6-2)14-20-18-12-9-11-17(13-18)15(4)19-7-3/h9,11-13,15-16,19H,5-8,10,14H2,1-4H3. The lowest BCUT2D eigenvalue weighted by Gasteiger charge is -2.16. The van der Waals surface area contributed by atoms with E-state index in [9.17, 15) is 0 Å². The SMILES string of the molecule is CCCCC(CC)CSc1cccc(C(C)NCC)c1. The van der Waals surface area contributed by atoms with Crippen molar-refractivity contribution >= 4 is 11.8 Å². The van der Waals surface area contributed by atoms with Crippen LogP contribution in [0.25, 0.3) is 0 Å². The van der Waals surface area contributed by atoms with Crippen LogP contribution >= 0.6 is 11.8 Å². The number of benzene rings is 1. The van der Waals surface area contributed by atoms with Crippen molar-refractivity contribution in [3.05, 3.63) is 29.8 Å². The van der Waals surface area contributed by atoms with E-state index in [0.717, 1.165) is 12.5 Å². The summed E-state index contributed by atoms with van der Waals surface area (Å²) < 4.78 is 0. The van der Waals surface area contributed by atoms with Crippen LogP contribution in [0.3, 0.4) is 0 Å². The van der Waals surface area contributed by atoms with Crippen LogP contribution in [0.4, 0.5) is 0 Å². The van der Waals surface area contributed by atoms with Gasteiger partial charge in [-0.2, -0.15) is 0 Å². The van der Waals surface area contributed by atoms with Gasteiger partial charge in [-0.25, -0.2) is 0 Å². The van der Waals surface area contributed by atoms with Crippen molar-refractivity contribution < 1.29 is 0 Å². The fraction of sp³-hybridized carbons (Fsp3) is 0.667. The molecule has 1 rings (SSSR count). The van der Waals surface area contributed by atoms with Crippen molar-refractivity contribution in [2.75, 3.05) is 12.3 Å². The molecule has 0 heterocycles. The molecule has 0 radical (unpaired) electrons. The topological polar surface area (TPSA) is 12.0 Å². The van der Waals surface area contributed by atoms with Gasteiger partial charge in [0.2, 0.25) is 0 Å². The smallest absolute Gasteiger partial charge is 0.0292 e. The zero-order valence-corrected chi connectivity index (χ0v) is 14.4. The molecule has 0 fully saturated rings. The Morgan fingerprint density at radius 2 is 2.00 bits per heavy atom. The maximum absolute atomic E-state index is 3.48. The highest BCUT2D eigenvalue weighted by molar-refractivity contribution is 7.99. The summed E-state index contributed by atoms with van der Waals surface area (Å²) >= 11 is 2.03. The van der Waals surface area contributed by atoms with Gasteiger partial charge in [0.25, 0.3) is 0 Å². The normalized spacial score (nSPS) is 14.2. The molecule has 0 aromatic heterocycles. The molecule has 114 valence electrons. The lowest BCUT2D eigenvalue weighted by molar-refractivity contribution is 0.499. The Morgan fingerprint density at radius 1 is 1.20 bits per heavy atom. The number of hydrogen-bond donors (Lipinski definition) is 1. The van der Waals surface area contributed by atoms with Crippen molar-refractivity contribution in [2.24, 2.45) is 5.92 Å². The summed E-state index contributed by atoms with van der Waals surface area (Å²) in [4.78, 5) is 1.42. The highest BCUT2D eigenvalue weighted by atomic mass is 32.2. The van der Waals surface area contributed by atoms with Crippen LogP contribution in [0.2, 0.25) is 0 Å². The van der Waals surface area contributed by atoms with Gasteiger partial charge in [-0.05, 0) is 43.5 Å². The van der Waals surface area contributed by atoms with Gasteiger partial charge in [0, 0.05) is 16.7 Å². The van der Waals surface area contributed by atoms with E-state index in [1.165, 1.54) is 41.9 Å². The molecule has 20 heavy (non-hydrogen) atoms. The molecular formula is C18H31NS. The largest absolute Gasteiger partial charge is 0.310 e. The van der Waals surface area contributed by atoms with Gasteiger partial charge in [0.15, 0.2) is 0 Å². The first-order valence-electron chi connectivity index (χ1n) is 8.17. The molecule has 2 unspecified atom stereocenters. The van der Waals surface area contributed by atoms with E-state index in [1.807, 2.05) is 11.8 Å². The molecule has 0 amide bonds. The lowest BCUT2D eigenvalue weighted by atomic mass is 10.0. The van der Waals surface area contributed by atoms with Crippen molar-refractivity contribution in [2.45, 2.75) is 64.3 Å². The quantitative estimate of drug-likeness (QED) is 0.558. The van der Waals surface area contributed by atoms with E-state index in [1.54, 1.807) is 0 Å². The molecule has 1 nitrogen and oxygen atoms in total. The van der Waals surface area contributed by atoms with E-state index in [4.69, 9.17) is 0 Å². The van der Waals surface area contributed by atoms with E-state index in [2.05, 4.69) is 57.3 Å². The van der Waals surface area contributed by atoms with Crippen molar-refractivity contribution in [1.82, 2.24) is 5.32 Å². The van der Waals surface area contributed by atoms with Gasteiger partial charge in [-0.1, -0.05) is 52.2 Å². The Balaban J connectivity index is 2.52. The number of thioether (sulfide) groups is 1. The summed E-state index contributed by atoms with van der Waals surface area (Å²) in [6, 6.07) is 9.47. The van der Waals surface area contributed by atoms with Gasteiger partial charge in [0.05, 0.1) is 0 Å². The van der Waals surface area contributed by atoms with Crippen LogP contribution in [-0.2, 0) is 0 Å². The third-order valence-electron chi connectivity index (χ3n) is 3.90. The predicted molar refractivity (Wildman–Crippen MR) is 92.6 cm³/mol.